The van der Waals surface area contributed by atoms with Gasteiger partial charge in [0.2, 0.25) is 0 Å². The maximum Gasteiger partial charge on any atom is 0.409 e. The number of carboxylic acid groups (broad SMARTS) is 1. The molecule has 2 aromatic carbocycles. The molecule has 3 aromatic heterocycles. The molecule has 0 saturated carbocycles. The molecule has 5 aromatic rings. The summed E-state index contributed by atoms with van der Waals surface area (Å²) in [5.41, 5.74) is 0.254. The van der Waals surface area contributed by atoms with Gasteiger partial charge in [-0.15, -0.1) is 11.3 Å². The lowest BCUT2D eigenvalue weighted by Gasteiger charge is -2.31. The Morgan fingerprint density at radius 2 is 1.98 bits per heavy atom. The van der Waals surface area contributed by atoms with E-state index < -0.39 is 23.3 Å². The third-order valence-corrected chi connectivity index (χ3v) is 12.4. The second-order valence-corrected chi connectivity index (χ2v) is 16.0. The van der Waals surface area contributed by atoms with Gasteiger partial charge in [-0.1, -0.05) is 29.3 Å². The predicted octanol–water partition coefficient (Wildman–Crippen LogP) is 7.84. The van der Waals surface area contributed by atoms with E-state index in [1.165, 1.54) is 17.0 Å². The number of nitriles is 1. The monoisotopic (exact) mass is 825 g/mol. The van der Waals surface area contributed by atoms with Crippen molar-refractivity contribution in [2.75, 3.05) is 50.6 Å². The Kier molecular flexibility index (Phi) is 9.72. The number of thiophene rings is 1. The molecule has 13 nitrogen and oxygen atoms in total. The topological polar surface area (TPSA) is 153 Å². The van der Waals surface area contributed by atoms with Crippen molar-refractivity contribution in [3.05, 3.63) is 68.7 Å². The van der Waals surface area contributed by atoms with E-state index in [0.717, 1.165) is 25.5 Å². The van der Waals surface area contributed by atoms with Gasteiger partial charge in [-0.25, -0.2) is 18.0 Å². The summed E-state index contributed by atoms with van der Waals surface area (Å²) < 4.78 is 54.2. The van der Waals surface area contributed by atoms with E-state index in [4.69, 9.17) is 32.9 Å². The molecule has 0 spiro atoms. The fourth-order valence-electron chi connectivity index (χ4n) is 8.05. The largest absolute Gasteiger partial charge is 0.465 e. The minimum absolute atomic E-state index is 0.0240. The number of carbonyl (C=O) groups is 2. The molecule has 1 unspecified atom stereocenters. The van der Waals surface area contributed by atoms with Crippen molar-refractivity contribution in [3.8, 4) is 23.2 Å². The molecule has 8 rings (SSSR count). The highest BCUT2D eigenvalue weighted by Crippen LogP contribution is 2.47. The minimum atomic E-state index is -1.46. The number of ether oxygens (including phenoxy) is 1. The lowest BCUT2D eigenvalue weighted by Crippen LogP contribution is -2.43. The Morgan fingerprint density at radius 1 is 1.18 bits per heavy atom. The van der Waals surface area contributed by atoms with Gasteiger partial charge in [0.1, 0.15) is 34.8 Å². The minimum Gasteiger partial charge on any atom is -0.465 e. The van der Waals surface area contributed by atoms with Crippen LogP contribution in [0.15, 0.2) is 30.1 Å². The number of benzene rings is 2. The summed E-state index contributed by atoms with van der Waals surface area (Å²) in [4.78, 5) is 39.2. The molecule has 2 saturated heterocycles. The highest BCUT2D eigenvalue weighted by atomic mass is 35.5. The van der Waals surface area contributed by atoms with Gasteiger partial charge in [0.15, 0.2) is 11.5 Å². The molecule has 0 bridgehead atoms. The number of nitrogens with one attached hydrogen (secondary N) is 1. The highest BCUT2D eigenvalue weighted by molar-refractivity contribution is 7.23. The zero-order valence-corrected chi connectivity index (χ0v) is 32.3. The lowest BCUT2D eigenvalue weighted by atomic mass is 9.94. The Balaban J connectivity index is 1.30. The Bertz CT molecular complexity index is 2560. The predicted molar refractivity (Wildman–Crippen MR) is 205 cm³/mol. The number of hydrogen-bond donors (Lipinski definition) is 2. The van der Waals surface area contributed by atoms with Crippen LogP contribution in [0.5, 0.6) is 6.01 Å². The second-order valence-electron chi connectivity index (χ2n) is 14.2. The van der Waals surface area contributed by atoms with E-state index in [0.29, 0.717) is 61.4 Å². The zero-order chi connectivity index (χ0) is 39.6. The van der Waals surface area contributed by atoms with Crippen molar-refractivity contribution >= 4 is 78.3 Å². The number of aryl methyl sites for hydroxylation is 1. The lowest BCUT2D eigenvalue weighted by molar-refractivity contribution is 0.0821. The van der Waals surface area contributed by atoms with Crippen LogP contribution in [-0.4, -0.2) is 92.5 Å². The van der Waals surface area contributed by atoms with Gasteiger partial charge in [0.05, 0.1) is 44.4 Å². The molecular formula is C37H32Cl2F3N9O4S. The molecule has 0 aliphatic carbocycles. The summed E-state index contributed by atoms with van der Waals surface area (Å²) in [6.07, 6.45) is 1.82. The van der Waals surface area contributed by atoms with Gasteiger partial charge in [-0.2, -0.15) is 20.3 Å². The Morgan fingerprint density at radius 3 is 2.71 bits per heavy atom. The van der Waals surface area contributed by atoms with Crippen LogP contribution in [-0.2, 0) is 13.1 Å². The van der Waals surface area contributed by atoms with Crippen LogP contribution in [0.4, 0.5) is 28.8 Å². The van der Waals surface area contributed by atoms with Gasteiger partial charge >= 0.3 is 12.1 Å². The maximum atomic E-state index is 17.4. The van der Waals surface area contributed by atoms with Gasteiger partial charge < -0.3 is 19.6 Å². The first-order chi connectivity index (χ1) is 26.8. The van der Waals surface area contributed by atoms with Crippen molar-refractivity contribution in [1.82, 2.24) is 29.5 Å². The van der Waals surface area contributed by atoms with Crippen molar-refractivity contribution in [1.29, 1.82) is 5.26 Å². The van der Waals surface area contributed by atoms with Crippen LogP contribution in [0.3, 0.4) is 0 Å². The number of anilines is 2. The van der Waals surface area contributed by atoms with E-state index in [-0.39, 0.29) is 89.3 Å². The van der Waals surface area contributed by atoms with Crippen LogP contribution >= 0.6 is 34.5 Å². The van der Waals surface area contributed by atoms with Crippen molar-refractivity contribution in [2.24, 2.45) is 0 Å². The van der Waals surface area contributed by atoms with Gasteiger partial charge in [-0.3, -0.25) is 19.7 Å². The molecule has 0 radical (unpaired) electrons. The zero-order valence-electron chi connectivity index (χ0n) is 29.9. The van der Waals surface area contributed by atoms with E-state index in [2.05, 4.69) is 20.3 Å². The first kappa shape index (κ1) is 37.8. The number of hydrogen-bond acceptors (Lipinski definition) is 10. The number of amides is 2. The number of halogens is 5. The molecule has 3 aliphatic rings. The van der Waals surface area contributed by atoms with Crippen LogP contribution in [0, 0.1) is 23.0 Å². The third-order valence-electron chi connectivity index (χ3n) is 10.6. The first-order valence-electron chi connectivity index (χ1n) is 17.6. The number of nitrogens with zero attached hydrogens (tertiary/aromatic N) is 8. The Hall–Kier alpha value is -5.15. The third kappa shape index (κ3) is 6.24. The smallest absolute Gasteiger partial charge is 0.409 e. The summed E-state index contributed by atoms with van der Waals surface area (Å²) in [7, 11) is 3.20. The fourth-order valence-corrected chi connectivity index (χ4v) is 9.69. The van der Waals surface area contributed by atoms with Crippen LogP contribution in [0.1, 0.15) is 47.4 Å². The van der Waals surface area contributed by atoms with Gasteiger partial charge in [0, 0.05) is 50.1 Å². The molecule has 19 heteroatoms. The number of rotatable bonds is 7. The average molecular weight is 827 g/mol. The molecule has 56 heavy (non-hydrogen) atoms. The summed E-state index contributed by atoms with van der Waals surface area (Å²) in [5.74, 6) is -1.77. The number of carbonyl (C=O) groups excluding carboxylic acids is 1. The van der Waals surface area contributed by atoms with Gasteiger partial charge in [-0.05, 0) is 55.5 Å². The van der Waals surface area contributed by atoms with Crippen molar-refractivity contribution in [3.63, 3.8) is 0 Å². The summed E-state index contributed by atoms with van der Waals surface area (Å²) in [6, 6.07) is 5.62. The second kappa shape index (κ2) is 14.4. The molecule has 6 heterocycles. The highest BCUT2D eigenvalue weighted by Gasteiger charge is 2.47. The van der Waals surface area contributed by atoms with Crippen LogP contribution < -0.4 is 15.0 Å². The molecule has 2 fully saturated rings. The maximum absolute atomic E-state index is 17.4. The Labute approximate surface area is 331 Å². The number of fused-ring (bicyclic) bond motifs is 4. The summed E-state index contributed by atoms with van der Waals surface area (Å²) >= 11 is 14.4. The molecule has 2 amide bonds. The first-order valence-corrected chi connectivity index (χ1v) is 19.1. The van der Waals surface area contributed by atoms with Gasteiger partial charge in [0.25, 0.3) is 5.91 Å². The summed E-state index contributed by atoms with van der Waals surface area (Å²) in [6.45, 7) is 2.31. The van der Waals surface area contributed by atoms with E-state index >= 15 is 8.78 Å². The quantitative estimate of drug-likeness (QED) is 0.166. The molecule has 1 atom stereocenters. The average Bonchev–Trinajstić information content (AvgIpc) is 3.87. The molecule has 2 N–H and O–H groups in total. The van der Waals surface area contributed by atoms with Crippen LogP contribution in [0.2, 0.25) is 10.0 Å². The van der Waals surface area contributed by atoms with Crippen molar-refractivity contribution in [2.45, 2.75) is 44.3 Å². The molecular weight excluding hydrogens is 794 g/mol. The SMILES string of the molecule is CN(C)C(=O)c1nn2c(c1Cl)CN(c1nc(OCC34CCCN3C/C(=C\F)C4)nc3c(F)c(-c4ccc(F)c5sc(NC(=O)O)c(C#N)c45)c(Cl)cc13)CCC2. The standard InChI is InChI=1S/C37H32Cl2F3N9O4S/c1-48(2)34(52)30-27(39)24-16-49(8-4-10-51(24)47-30)32-20-11-22(38)26(19-5-6-23(41)31-25(19)21(14-43)33(56-31)46-36(53)54)28(42)29(20)44-35(45-32)55-17-37-7-3-9-50(37)15-18(12-37)13-40/h5-6,11,13,46H,3-4,7-10,12,15-17H2,1-2H3,(H,53,54)/b18-13-. The van der Waals surface area contributed by atoms with E-state index in [9.17, 15) is 24.3 Å². The van der Waals surface area contributed by atoms with Crippen LogP contribution in [0.25, 0.3) is 32.1 Å². The fraction of sp³-hybridized carbons (Fsp3) is 0.351. The van der Waals surface area contributed by atoms with Crippen molar-refractivity contribution < 1.29 is 32.6 Å². The molecule has 3 aliphatic heterocycles. The summed E-state index contributed by atoms with van der Waals surface area (Å²) in [5, 5.41) is 26.2. The molecule has 290 valence electrons. The normalized spacial score (nSPS) is 19.0. The number of aromatic nitrogens is 4. The van der Waals surface area contributed by atoms with E-state index in [1.807, 2.05) is 11.0 Å². The van der Waals surface area contributed by atoms with E-state index in [1.54, 1.807) is 18.8 Å².